The Morgan fingerprint density at radius 3 is 2.04 bits per heavy atom. The second-order valence-electron chi connectivity index (χ2n) is 6.51. The van der Waals surface area contributed by atoms with Crippen molar-refractivity contribution in [3.63, 3.8) is 0 Å². The molecule has 2 aromatic carbocycles. The number of carbonyl (C=O) groups excluding carboxylic acids is 2. The molecule has 0 fully saturated rings. The highest BCUT2D eigenvalue weighted by Crippen LogP contribution is 2.22. The lowest BCUT2D eigenvalue weighted by Gasteiger charge is -2.16. The van der Waals surface area contributed by atoms with Gasteiger partial charge in [0.1, 0.15) is 5.75 Å². The Morgan fingerprint density at radius 1 is 0.929 bits per heavy atom. The summed E-state index contributed by atoms with van der Waals surface area (Å²) in [6.45, 7) is 5.69. The van der Waals surface area contributed by atoms with Gasteiger partial charge in [0.15, 0.2) is 6.10 Å². The largest absolute Gasteiger partial charge is 0.481 e. The fourth-order valence-electron chi connectivity index (χ4n) is 2.31. The van der Waals surface area contributed by atoms with Crippen LogP contribution in [0.2, 0.25) is 0 Å². The summed E-state index contributed by atoms with van der Waals surface area (Å²) in [5.41, 5.74) is 1.29. The molecule has 2 N–H and O–H groups in total. The fourth-order valence-corrected chi connectivity index (χ4v) is 2.31. The minimum absolute atomic E-state index is 0.0852. The van der Waals surface area contributed by atoms with E-state index in [1.165, 1.54) is 24.3 Å². The number of anilines is 2. The van der Waals surface area contributed by atoms with Crippen LogP contribution in [0.1, 0.15) is 32.3 Å². The molecule has 0 saturated carbocycles. The van der Waals surface area contributed by atoms with Crippen molar-refractivity contribution in [1.29, 1.82) is 0 Å². The third-order valence-electron chi connectivity index (χ3n) is 3.87. The van der Waals surface area contributed by atoms with Crippen LogP contribution in [-0.2, 0) is 9.59 Å². The zero-order valence-electron chi connectivity index (χ0n) is 15.6. The molecule has 2 rings (SSSR count). The number of nitrogens with one attached hydrogen (secondary N) is 2. The van der Waals surface area contributed by atoms with Crippen molar-refractivity contribution in [2.75, 3.05) is 10.6 Å². The first-order valence-corrected chi connectivity index (χ1v) is 8.62. The highest BCUT2D eigenvalue weighted by molar-refractivity contribution is 5.97. The Hall–Kier alpha value is -3.03. The number of benzene rings is 2. The highest BCUT2D eigenvalue weighted by atomic mass is 19.4. The Morgan fingerprint density at radius 2 is 1.50 bits per heavy atom. The Labute approximate surface area is 160 Å². The van der Waals surface area contributed by atoms with Crippen molar-refractivity contribution >= 4 is 23.2 Å². The van der Waals surface area contributed by atoms with E-state index in [1.807, 2.05) is 12.1 Å². The minimum atomic E-state index is -4.99. The zero-order chi connectivity index (χ0) is 20.9. The molecule has 1 atom stereocenters. The molecule has 2 aromatic rings. The van der Waals surface area contributed by atoms with Crippen LogP contribution >= 0.6 is 0 Å². The maximum absolute atomic E-state index is 12.3. The minimum Gasteiger partial charge on any atom is -0.481 e. The lowest BCUT2D eigenvalue weighted by Crippen LogP contribution is -2.31. The topological polar surface area (TPSA) is 67.4 Å². The molecule has 0 aliphatic carbocycles. The van der Waals surface area contributed by atoms with E-state index in [1.54, 1.807) is 24.4 Å². The molecule has 0 heterocycles. The molecule has 0 spiro atoms. The van der Waals surface area contributed by atoms with Gasteiger partial charge in [-0.25, -0.2) is 0 Å². The second kappa shape index (κ2) is 8.77. The Balaban J connectivity index is 1.98. The van der Waals surface area contributed by atoms with Gasteiger partial charge >= 0.3 is 12.1 Å². The number of rotatable bonds is 6. The quantitative estimate of drug-likeness (QED) is 0.745. The third kappa shape index (κ3) is 6.00. The van der Waals surface area contributed by atoms with Crippen LogP contribution in [0, 0.1) is 0 Å². The molecule has 28 heavy (non-hydrogen) atoms. The van der Waals surface area contributed by atoms with Gasteiger partial charge in [0.05, 0.1) is 0 Å². The van der Waals surface area contributed by atoms with E-state index in [2.05, 4.69) is 19.2 Å². The van der Waals surface area contributed by atoms with E-state index in [9.17, 15) is 22.8 Å². The fraction of sp³-hybridized carbons (Fsp3) is 0.300. The van der Waals surface area contributed by atoms with Crippen LogP contribution in [0.5, 0.6) is 5.75 Å². The SMILES string of the molecule is CC(Oc1ccc(C(C)C)cc1)C(=O)Nc1cccc(NC(=O)C(F)(F)F)c1. The standard InChI is InChI=1S/C20H21F3N2O3/c1-12(2)14-7-9-17(10-8-14)28-13(3)18(26)24-15-5-4-6-16(11-15)25-19(27)20(21,22)23/h4-13H,1-3H3,(H,24,26)(H,25,27). The molecular formula is C20H21F3N2O3. The monoisotopic (exact) mass is 394 g/mol. The first kappa shape index (κ1) is 21.3. The van der Waals surface area contributed by atoms with Crippen LogP contribution < -0.4 is 15.4 Å². The summed E-state index contributed by atoms with van der Waals surface area (Å²) < 4.78 is 42.6. The van der Waals surface area contributed by atoms with Crippen molar-refractivity contribution in [1.82, 2.24) is 0 Å². The Kier molecular flexibility index (Phi) is 6.66. The molecule has 5 nitrogen and oxygen atoms in total. The molecule has 150 valence electrons. The first-order chi connectivity index (χ1) is 13.1. The smallest absolute Gasteiger partial charge is 0.471 e. The summed E-state index contributed by atoms with van der Waals surface area (Å²) in [5.74, 6) is -1.66. The number of carbonyl (C=O) groups is 2. The molecule has 0 aliphatic rings. The number of amides is 2. The van der Waals surface area contributed by atoms with Gasteiger partial charge in [-0.3, -0.25) is 9.59 Å². The summed E-state index contributed by atoms with van der Waals surface area (Å²) in [4.78, 5) is 23.3. The molecular weight excluding hydrogens is 373 g/mol. The summed E-state index contributed by atoms with van der Waals surface area (Å²) in [5, 5.41) is 4.28. The molecule has 8 heteroatoms. The van der Waals surface area contributed by atoms with Crippen molar-refractivity contribution in [3.05, 3.63) is 54.1 Å². The van der Waals surface area contributed by atoms with Crippen LogP contribution in [0.25, 0.3) is 0 Å². The molecule has 0 saturated heterocycles. The summed E-state index contributed by atoms with van der Waals surface area (Å²) in [6.07, 6.45) is -5.83. The number of ether oxygens (including phenoxy) is 1. The maximum atomic E-state index is 12.3. The van der Waals surface area contributed by atoms with Crippen LogP contribution in [0.3, 0.4) is 0 Å². The van der Waals surface area contributed by atoms with E-state index >= 15 is 0 Å². The highest BCUT2D eigenvalue weighted by Gasteiger charge is 2.38. The lowest BCUT2D eigenvalue weighted by atomic mass is 10.0. The van der Waals surface area contributed by atoms with Crippen molar-refractivity contribution in [2.45, 2.75) is 39.0 Å². The van der Waals surface area contributed by atoms with E-state index in [0.29, 0.717) is 11.7 Å². The van der Waals surface area contributed by atoms with Crippen LogP contribution in [-0.4, -0.2) is 24.1 Å². The van der Waals surface area contributed by atoms with Crippen LogP contribution in [0.15, 0.2) is 48.5 Å². The zero-order valence-corrected chi connectivity index (χ0v) is 15.6. The first-order valence-electron chi connectivity index (χ1n) is 8.62. The van der Waals surface area contributed by atoms with Gasteiger partial charge in [0.25, 0.3) is 5.91 Å². The summed E-state index contributed by atoms with van der Waals surface area (Å²) >= 11 is 0. The molecule has 0 aliphatic heterocycles. The summed E-state index contributed by atoms with van der Waals surface area (Å²) in [7, 11) is 0. The number of hydrogen-bond donors (Lipinski definition) is 2. The van der Waals surface area contributed by atoms with E-state index in [4.69, 9.17) is 4.74 Å². The third-order valence-corrected chi connectivity index (χ3v) is 3.87. The van der Waals surface area contributed by atoms with E-state index in [-0.39, 0.29) is 11.4 Å². The van der Waals surface area contributed by atoms with Crippen molar-refractivity contribution in [2.24, 2.45) is 0 Å². The average molecular weight is 394 g/mol. The van der Waals surface area contributed by atoms with Gasteiger partial charge in [-0.05, 0) is 48.7 Å². The molecule has 2 amide bonds. The molecule has 0 bridgehead atoms. The van der Waals surface area contributed by atoms with Crippen molar-refractivity contribution in [3.8, 4) is 5.75 Å². The van der Waals surface area contributed by atoms with Gasteiger partial charge in [-0.15, -0.1) is 0 Å². The predicted molar refractivity (Wildman–Crippen MR) is 100 cm³/mol. The van der Waals surface area contributed by atoms with Crippen molar-refractivity contribution < 1.29 is 27.5 Å². The number of alkyl halides is 3. The van der Waals surface area contributed by atoms with Crippen LogP contribution in [0.4, 0.5) is 24.5 Å². The van der Waals surface area contributed by atoms with E-state index < -0.39 is 24.1 Å². The number of hydrogen-bond acceptors (Lipinski definition) is 3. The lowest BCUT2D eigenvalue weighted by molar-refractivity contribution is -0.167. The average Bonchev–Trinajstić information content (AvgIpc) is 2.61. The van der Waals surface area contributed by atoms with Gasteiger partial charge in [0, 0.05) is 11.4 Å². The normalized spacial score (nSPS) is 12.4. The van der Waals surface area contributed by atoms with Gasteiger partial charge in [0.2, 0.25) is 0 Å². The summed E-state index contributed by atoms with van der Waals surface area (Å²) in [6, 6.07) is 12.8. The number of halogens is 3. The maximum Gasteiger partial charge on any atom is 0.471 e. The van der Waals surface area contributed by atoms with E-state index in [0.717, 1.165) is 5.56 Å². The predicted octanol–water partition coefficient (Wildman–Crippen LogP) is 4.72. The Bertz CT molecular complexity index is 833. The van der Waals surface area contributed by atoms with Gasteiger partial charge < -0.3 is 15.4 Å². The molecule has 0 aromatic heterocycles. The van der Waals surface area contributed by atoms with Gasteiger partial charge in [-0.1, -0.05) is 32.0 Å². The second-order valence-corrected chi connectivity index (χ2v) is 6.51. The molecule has 0 radical (unpaired) electrons. The van der Waals surface area contributed by atoms with Gasteiger partial charge in [-0.2, -0.15) is 13.2 Å². The molecule has 1 unspecified atom stereocenters.